The van der Waals surface area contributed by atoms with Crippen LogP contribution in [0.25, 0.3) is 10.1 Å². The minimum atomic E-state index is -0.997. The van der Waals surface area contributed by atoms with Crippen molar-refractivity contribution in [1.29, 1.82) is 0 Å². The summed E-state index contributed by atoms with van der Waals surface area (Å²) in [5, 5.41) is 19.1. The monoisotopic (exact) mass is 611 g/mol. The molecular weight excluding hydrogens is 578 g/mol. The lowest BCUT2D eigenvalue weighted by Crippen LogP contribution is -2.28. The molecule has 12 heteroatoms. The molecule has 2 heterocycles. The molecular formula is C31H33NO10S. The van der Waals surface area contributed by atoms with Crippen molar-refractivity contribution in [2.75, 3.05) is 27.4 Å². The number of carboxylic acids is 2. The van der Waals surface area contributed by atoms with Gasteiger partial charge in [-0.05, 0) is 47.2 Å². The average Bonchev–Trinajstić information content (AvgIpc) is 3.52. The molecule has 1 aliphatic carbocycles. The molecule has 0 saturated heterocycles. The largest absolute Gasteiger partial charge is 0.493 e. The van der Waals surface area contributed by atoms with Gasteiger partial charge >= 0.3 is 11.9 Å². The summed E-state index contributed by atoms with van der Waals surface area (Å²) in [6, 6.07) is 9.11. The normalized spacial score (nSPS) is 17.7. The number of amides is 1. The lowest BCUT2D eigenvalue weighted by molar-refractivity contribution is -0.145. The third kappa shape index (κ3) is 6.53. The molecule has 1 saturated carbocycles. The summed E-state index contributed by atoms with van der Waals surface area (Å²) in [6.07, 6.45) is 0.872. The van der Waals surface area contributed by atoms with E-state index in [-0.39, 0.29) is 18.1 Å². The SMILES string of the molecule is COc1cc2c(cc1OCCCOc1cc3cc(C(=O)[C@@H]4C[C@H]4C(=O)O)sc3cc1OC)CN(C(=O)CC(C)C(=O)O)C2. The van der Waals surface area contributed by atoms with Gasteiger partial charge < -0.3 is 34.1 Å². The number of hydrogen-bond donors (Lipinski definition) is 2. The summed E-state index contributed by atoms with van der Waals surface area (Å²) >= 11 is 1.32. The van der Waals surface area contributed by atoms with Crippen LogP contribution in [-0.2, 0) is 27.5 Å². The minimum Gasteiger partial charge on any atom is -0.493 e. The van der Waals surface area contributed by atoms with Crippen molar-refractivity contribution < 1.29 is 48.3 Å². The van der Waals surface area contributed by atoms with Crippen molar-refractivity contribution >= 4 is 45.1 Å². The second-order valence-electron chi connectivity index (χ2n) is 10.8. The molecule has 2 aliphatic rings. The van der Waals surface area contributed by atoms with Gasteiger partial charge in [0, 0.05) is 42.6 Å². The second-order valence-corrected chi connectivity index (χ2v) is 11.9. The summed E-state index contributed by atoms with van der Waals surface area (Å²) in [5.41, 5.74) is 1.86. The molecule has 0 bridgehead atoms. The Morgan fingerprint density at radius 2 is 1.49 bits per heavy atom. The summed E-state index contributed by atoms with van der Waals surface area (Å²) < 4.78 is 23.9. The van der Waals surface area contributed by atoms with Crippen molar-refractivity contribution in [1.82, 2.24) is 4.90 Å². The van der Waals surface area contributed by atoms with Crippen LogP contribution in [0.2, 0.25) is 0 Å². The number of hydrogen-bond acceptors (Lipinski definition) is 9. The highest BCUT2D eigenvalue weighted by atomic mass is 32.1. The first-order valence-corrected chi connectivity index (χ1v) is 14.8. The molecule has 228 valence electrons. The molecule has 2 N–H and O–H groups in total. The summed E-state index contributed by atoms with van der Waals surface area (Å²) in [4.78, 5) is 49.8. The van der Waals surface area contributed by atoms with E-state index in [2.05, 4.69) is 0 Å². The first-order valence-electron chi connectivity index (χ1n) is 13.9. The second kappa shape index (κ2) is 12.5. The maximum absolute atomic E-state index is 12.7. The maximum atomic E-state index is 12.7. The molecule has 0 radical (unpaired) electrons. The van der Waals surface area contributed by atoms with Gasteiger partial charge in [-0.2, -0.15) is 0 Å². The number of ketones is 1. The number of fused-ring (bicyclic) bond motifs is 2. The Hall–Kier alpha value is -4.32. The van der Waals surface area contributed by atoms with Gasteiger partial charge in [-0.3, -0.25) is 19.2 Å². The van der Waals surface area contributed by atoms with E-state index in [4.69, 9.17) is 29.2 Å². The average molecular weight is 612 g/mol. The van der Waals surface area contributed by atoms with Crippen molar-refractivity contribution in [3.8, 4) is 23.0 Å². The summed E-state index contributed by atoms with van der Waals surface area (Å²) in [5.74, 6) is -1.93. The van der Waals surface area contributed by atoms with Crippen molar-refractivity contribution in [2.24, 2.45) is 17.8 Å². The lowest BCUT2D eigenvalue weighted by atomic mass is 10.1. The molecule has 11 nitrogen and oxygen atoms in total. The van der Waals surface area contributed by atoms with E-state index in [0.717, 1.165) is 21.2 Å². The van der Waals surface area contributed by atoms with Crippen LogP contribution in [0.15, 0.2) is 30.3 Å². The zero-order valence-corrected chi connectivity index (χ0v) is 24.9. The van der Waals surface area contributed by atoms with Gasteiger partial charge in [0.2, 0.25) is 5.91 Å². The molecule has 1 aliphatic heterocycles. The summed E-state index contributed by atoms with van der Waals surface area (Å²) in [7, 11) is 3.09. The highest BCUT2D eigenvalue weighted by Gasteiger charge is 2.48. The Bertz CT molecular complexity index is 1580. The number of carbonyl (C=O) groups excluding carboxylic acids is 2. The Morgan fingerprint density at radius 3 is 2.07 bits per heavy atom. The van der Waals surface area contributed by atoms with Crippen LogP contribution in [0.5, 0.6) is 23.0 Å². The van der Waals surface area contributed by atoms with E-state index in [1.54, 1.807) is 25.2 Å². The van der Waals surface area contributed by atoms with E-state index in [0.29, 0.717) is 67.0 Å². The molecule has 0 spiro atoms. The molecule has 43 heavy (non-hydrogen) atoms. The predicted molar refractivity (Wildman–Crippen MR) is 156 cm³/mol. The van der Waals surface area contributed by atoms with E-state index in [9.17, 15) is 19.2 Å². The van der Waals surface area contributed by atoms with Crippen LogP contribution in [0.1, 0.15) is 47.0 Å². The van der Waals surface area contributed by atoms with Crippen molar-refractivity contribution in [3.05, 3.63) is 46.3 Å². The number of aliphatic carboxylic acids is 2. The van der Waals surface area contributed by atoms with Crippen LogP contribution < -0.4 is 18.9 Å². The third-order valence-corrected chi connectivity index (χ3v) is 8.87. The number of Topliss-reactive ketones (excluding diaryl/α,β-unsaturated/α-hetero) is 1. The van der Waals surface area contributed by atoms with E-state index < -0.39 is 29.7 Å². The van der Waals surface area contributed by atoms with Crippen LogP contribution >= 0.6 is 11.3 Å². The molecule has 1 unspecified atom stereocenters. The predicted octanol–water partition coefficient (Wildman–Crippen LogP) is 4.62. The van der Waals surface area contributed by atoms with Crippen LogP contribution in [-0.4, -0.2) is 66.2 Å². The standard InChI is InChI=1S/C31H33NO10S/c1-16(30(35)36)7-28(33)32-14-18-9-22(39-2)25(10-19(18)15-32)42-6-4-5-41-24-8-17-11-27(43-26(17)13-23(24)40-3)29(34)20-12-21(20)31(37)38/h8-11,13,16,20-21H,4-7,12,14-15H2,1-3H3,(H,35,36)(H,37,38)/t16?,20-,21-/m1/s1. The van der Waals surface area contributed by atoms with Gasteiger partial charge in [-0.1, -0.05) is 6.92 Å². The summed E-state index contributed by atoms with van der Waals surface area (Å²) in [6.45, 7) is 2.95. The Morgan fingerprint density at radius 1 is 0.884 bits per heavy atom. The van der Waals surface area contributed by atoms with Crippen molar-refractivity contribution in [2.45, 2.75) is 39.3 Å². The number of nitrogens with zero attached hydrogens (tertiary/aromatic N) is 1. The zero-order valence-electron chi connectivity index (χ0n) is 24.1. The third-order valence-electron chi connectivity index (χ3n) is 7.76. The van der Waals surface area contributed by atoms with E-state index in [1.807, 2.05) is 24.3 Å². The topological polar surface area (TPSA) is 149 Å². The van der Waals surface area contributed by atoms with Gasteiger partial charge in [0.05, 0.1) is 44.1 Å². The molecule has 3 atom stereocenters. The van der Waals surface area contributed by atoms with Gasteiger partial charge in [0.15, 0.2) is 28.8 Å². The Balaban J connectivity index is 1.16. The van der Waals surface area contributed by atoms with Gasteiger partial charge in [0.25, 0.3) is 0 Å². The first kappa shape index (κ1) is 30.1. The number of methoxy groups -OCH3 is 2. The van der Waals surface area contributed by atoms with E-state index >= 15 is 0 Å². The number of rotatable bonds is 14. The maximum Gasteiger partial charge on any atom is 0.307 e. The van der Waals surface area contributed by atoms with Crippen LogP contribution in [0.3, 0.4) is 0 Å². The molecule has 1 amide bonds. The molecule has 1 fully saturated rings. The molecule has 1 aromatic heterocycles. The quantitative estimate of drug-likeness (QED) is 0.195. The first-order chi connectivity index (χ1) is 20.6. The number of thiophene rings is 1. The fourth-order valence-electron chi connectivity index (χ4n) is 5.14. The fourth-order valence-corrected chi connectivity index (χ4v) is 6.21. The minimum absolute atomic E-state index is 0.0547. The molecule has 3 aromatic rings. The zero-order chi connectivity index (χ0) is 30.8. The van der Waals surface area contributed by atoms with E-state index in [1.165, 1.54) is 18.3 Å². The number of ether oxygens (including phenoxy) is 4. The van der Waals surface area contributed by atoms with Crippen LogP contribution in [0, 0.1) is 17.8 Å². The fraction of sp³-hybridized carbons (Fsp3) is 0.419. The Kier molecular flexibility index (Phi) is 8.77. The van der Waals surface area contributed by atoms with Gasteiger partial charge in [-0.15, -0.1) is 11.3 Å². The number of carboxylic acid groups (broad SMARTS) is 2. The molecule has 5 rings (SSSR count). The van der Waals surface area contributed by atoms with Crippen LogP contribution in [0.4, 0.5) is 0 Å². The smallest absolute Gasteiger partial charge is 0.307 e. The highest BCUT2D eigenvalue weighted by molar-refractivity contribution is 7.20. The van der Waals surface area contributed by atoms with Gasteiger partial charge in [-0.25, -0.2) is 0 Å². The van der Waals surface area contributed by atoms with Gasteiger partial charge in [0.1, 0.15) is 0 Å². The Labute approximate surface area is 251 Å². The number of carbonyl (C=O) groups is 4. The van der Waals surface area contributed by atoms with Crippen molar-refractivity contribution in [3.63, 3.8) is 0 Å². The molecule has 2 aromatic carbocycles. The number of benzene rings is 2. The lowest BCUT2D eigenvalue weighted by Gasteiger charge is -2.16. The highest BCUT2D eigenvalue weighted by Crippen LogP contribution is 2.44.